The first kappa shape index (κ1) is 22.7. The molecule has 0 amide bonds. The summed E-state index contributed by atoms with van der Waals surface area (Å²) >= 11 is 0. The Morgan fingerprint density at radius 2 is 2.00 bits per heavy atom. The van der Waals surface area contributed by atoms with Crippen LogP contribution in [0.4, 0.5) is 21.8 Å². The number of aromatic nitrogens is 2. The zero-order valence-corrected chi connectivity index (χ0v) is 18.9. The third-order valence-electron chi connectivity index (χ3n) is 5.81. The lowest BCUT2D eigenvalue weighted by molar-refractivity contribution is 0.569. The van der Waals surface area contributed by atoms with Crippen LogP contribution in [0.1, 0.15) is 43.0 Å². The number of anilines is 3. The van der Waals surface area contributed by atoms with E-state index in [0.29, 0.717) is 24.1 Å². The summed E-state index contributed by atoms with van der Waals surface area (Å²) in [6.07, 6.45) is 4.09. The summed E-state index contributed by atoms with van der Waals surface area (Å²) in [6, 6.07) is 18.6. The molecule has 0 saturated carbocycles. The van der Waals surface area contributed by atoms with Gasteiger partial charge in [0.15, 0.2) is 0 Å². The minimum atomic E-state index is -0.212. The molecule has 1 atom stereocenters. The van der Waals surface area contributed by atoms with Crippen molar-refractivity contribution >= 4 is 17.5 Å². The van der Waals surface area contributed by atoms with Crippen LogP contribution in [0.5, 0.6) is 0 Å². The fourth-order valence-electron chi connectivity index (χ4n) is 4.20. The van der Waals surface area contributed by atoms with Crippen molar-refractivity contribution < 1.29 is 4.39 Å². The molecular formula is C26H29FN6. The highest BCUT2D eigenvalue weighted by Gasteiger charge is 2.26. The summed E-state index contributed by atoms with van der Waals surface area (Å²) in [5.41, 5.74) is 3.47. The van der Waals surface area contributed by atoms with Gasteiger partial charge in [-0.05, 0) is 55.2 Å². The van der Waals surface area contributed by atoms with E-state index in [1.165, 1.54) is 12.1 Å². The van der Waals surface area contributed by atoms with E-state index in [1.807, 2.05) is 24.3 Å². The molecule has 0 aliphatic carbocycles. The summed E-state index contributed by atoms with van der Waals surface area (Å²) in [6.45, 7) is 4.63. The monoisotopic (exact) mass is 444 g/mol. The number of rotatable bonds is 9. The van der Waals surface area contributed by atoms with Gasteiger partial charge < -0.3 is 15.5 Å². The van der Waals surface area contributed by atoms with Gasteiger partial charge in [-0.3, -0.25) is 0 Å². The number of nitrogens with one attached hydrogen (secondary N) is 2. The Morgan fingerprint density at radius 3 is 2.79 bits per heavy atom. The van der Waals surface area contributed by atoms with Gasteiger partial charge in [0.25, 0.3) is 0 Å². The zero-order chi connectivity index (χ0) is 23.0. The summed E-state index contributed by atoms with van der Waals surface area (Å²) in [4.78, 5) is 11.9. The van der Waals surface area contributed by atoms with E-state index in [1.54, 1.807) is 12.1 Å². The standard InChI is InChI=1S/C26H29FN6/c1-2-5-22-15-25(32-26(30-22)31-23-7-3-6-20(14-23)16-28)33-13-4-8-24(33)18-29-17-19-9-11-21(27)12-10-19/h3,6-7,9-12,14-15,24,29H,2,4-5,8,13,17-18H2,1H3,(H,30,31,32)/t24-/m0/s1. The van der Waals surface area contributed by atoms with Crippen LogP contribution in [0, 0.1) is 17.1 Å². The van der Waals surface area contributed by atoms with Gasteiger partial charge in [-0.1, -0.05) is 31.5 Å². The second-order valence-electron chi connectivity index (χ2n) is 8.36. The Kier molecular flexibility index (Phi) is 7.48. The molecule has 1 saturated heterocycles. The summed E-state index contributed by atoms with van der Waals surface area (Å²) in [5.74, 6) is 1.27. The molecule has 2 aromatic carbocycles. The molecule has 6 nitrogen and oxygen atoms in total. The lowest BCUT2D eigenvalue weighted by Gasteiger charge is -2.27. The van der Waals surface area contributed by atoms with Crippen LogP contribution in [0.25, 0.3) is 0 Å². The Balaban J connectivity index is 1.48. The number of halogens is 1. The van der Waals surface area contributed by atoms with Crippen molar-refractivity contribution in [2.75, 3.05) is 23.3 Å². The molecule has 1 aromatic heterocycles. The maximum absolute atomic E-state index is 13.1. The van der Waals surface area contributed by atoms with Crippen molar-refractivity contribution in [1.29, 1.82) is 5.26 Å². The van der Waals surface area contributed by atoms with Crippen LogP contribution >= 0.6 is 0 Å². The first-order valence-corrected chi connectivity index (χ1v) is 11.5. The summed E-state index contributed by atoms with van der Waals surface area (Å²) in [7, 11) is 0. The van der Waals surface area contributed by atoms with Crippen LogP contribution < -0.4 is 15.5 Å². The van der Waals surface area contributed by atoms with Crippen molar-refractivity contribution in [2.24, 2.45) is 0 Å². The van der Waals surface area contributed by atoms with E-state index in [9.17, 15) is 9.65 Å². The van der Waals surface area contributed by atoms with Gasteiger partial charge in [0.2, 0.25) is 5.95 Å². The molecule has 1 fully saturated rings. The number of hydrogen-bond donors (Lipinski definition) is 2. The lowest BCUT2D eigenvalue weighted by atomic mass is 10.2. The van der Waals surface area contributed by atoms with E-state index in [-0.39, 0.29) is 5.82 Å². The minimum Gasteiger partial charge on any atom is -0.352 e. The Morgan fingerprint density at radius 1 is 1.15 bits per heavy atom. The fourth-order valence-corrected chi connectivity index (χ4v) is 4.20. The average Bonchev–Trinajstić information content (AvgIpc) is 3.29. The SMILES string of the molecule is CCCc1cc(N2CCC[C@H]2CNCc2ccc(F)cc2)nc(Nc2cccc(C#N)c2)n1. The number of aryl methyl sites for hydroxylation is 1. The summed E-state index contributed by atoms with van der Waals surface area (Å²) in [5, 5.41) is 16.0. The molecular weight excluding hydrogens is 415 g/mol. The zero-order valence-electron chi connectivity index (χ0n) is 18.9. The molecule has 1 aliphatic heterocycles. The molecule has 0 bridgehead atoms. The predicted molar refractivity (Wildman–Crippen MR) is 129 cm³/mol. The largest absolute Gasteiger partial charge is 0.352 e. The number of benzene rings is 2. The predicted octanol–water partition coefficient (Wildman–Crippen LogP) is 4.94. The Hall–Kier alpha value is -3.50. The quantitative estimate of drug-likeness (QED) is 0.487. The topological polar surface area (TPSA) is 76.9 Å². The molecule has 7 heteroatoms. The van der Waals surface area contributed by atoms with Crippen molar-refractivity contribution in [3.8, 4) is 6.07 Å². The van der Waals surface area contributed by atoms with Gasteiger partial charge >= 0.3 is 0 Å². The van der Waals surface area contributed by atoms with Crippen LogP contribution in [0.3, 0.4) is 0 Å². The molecule has 1 aliphatic rings. The van der Waals surface area contributed by atoms with Crippen LogP contribution in [0.15, 0.2) is 54.6 Å². The molecule has 170 valence electrons. The average molecular weight is 445 g/mol. The highest BCUT2D eigenvalue weighted by Crippen LogP contribution is 2.26. The van der Waals surface area contributed by atoms with E-state index in [2.05, 4.69) is 34.6 Å². The van der Waals surface area contributed by atoms with Gasteiger partial charge in [-0.25, -0.2) is 9.37 Å². The van der Waals surface area contributed by atoms with Gasteiger partial charge in [0.1, 0.15) is 11.6 Å². The second kappa shape index (κ2) is 10.9. The maximum atomic E-state index is 13.1. The normalized spacial score (nSPS) is 15.4. The third-order valence-corrected chi connectivity index (χ3v) is 5.81. The Bertz CT molecular complexity index is 1110. The first-order valence-electron chi connectivity index (χ1n) is 11.5. The maximum Gasteiger partial charge on any atom is 0.229 e. The highest BCUT2D eigenvalue weighted by atomic mass is 19.1. The first-order chi connectivity index (χ1) is 16.1. The molecule has 0 unspecified atom stereocenters. The molecule has 33 heavy (non-hydrogen) atoms. The van der Waals surface area contributed by atoms with E-state index in [0.717, 1.165) is 61.5 Å². The van der Waals surface area contributed by atoms with Gasteiger partial charge in [-0.2, -0.15) is 10.2 Å². The molecule has 0 spiro atoms. The van der Waals surface area contributed by atoms with Crippen LogP contribution in [0.2, 0.25) is 0 Å². The van der Waals surface area contributed by atoms with Crippen molar-refractivity contribution in [2.45, 2.75) is 45.2 Å². The smallest absolute Gasteiger partial charge is 0.229 e. The van der Waals surface area contributed by atoms with Crippen molar-refractivity contribution in [3.05, 3.63) is 77.2 Å². The van der Waals surface area contributed by atoms with Gasteiger partial charge in [0, 0.05) is 43.1 Å². The number of hydrogen-bond acceptors (Lipinski definition) is 6. The van der Waals surface area contributed by atoms with E-state index >= 15 is 0 Å². The second-order valence-corrected chi connectivity index (χ2v) is 8.36. The van der Waals surface area contributed by atoms with E-state index in [4.69, 9.17) is 9.97 Å². The highest BCUT2D eigenvalue weighted by molar-refractivity contribution is 5.58. The van der Waals surface area contributed by atoms with Crippen LogP contribution in [-0.2, 0) is 13.0 Å². The molecule has 0 radical (unpaired) electrons. The molecule has 2 N–H and O–H groups in total. The fraction of sp³-hybridized carbons (Fsp3) is 0.346. The summed E-state index contributed by atoms with van der Waals surface area (Å²) < 4.78 is 13.1. The van der Waals surface area contributed by atoms with Gasteiger partial charge in [-0.15, -0.1) is 0 Å². The van der Waals surface area contributed by atoms with Crippen molar-refractivity contribution in [3.63, 3.8) is 0 Å². The molecule has 2 heterocycles. The van der Waals surface area contributed by atoms with Gasteiger partial charge in [0.05, 0.1) is 11.6 Å². The van der Waals surface area contributed by atoms with Crippen molar-refractivity contribution in [1.82, 2.24) is 15.3 Å². The number of nitrogens with zero attached hydrogens (tertiary/aromatic N) is 4. The Labute approximate surface area is 194 Å². The minimum absolute atomic E-state index is 0.212. The molecule has 4 rings (SSSR count). The third kappa shape index (κ3) is 6.05. The van der Waals surface area contributed by atoms with Crippen LogP contribution in [-0.4, -0.2) is 29.1 Å². The number of nitriles is 1. The molecule has 3 aromatic rings. The lowest BCUT2D eigenvalue weighted by Crippen LogP contribution is -2.38. The van der Waals surface area contributed by atoms with E-state index < -0.39 is 0 Å².